The van der Waals surface area contributed by atoms with Crippen LogP contribution in [0.15, 0.2) is 198 Å². The Hall–Kier alpha value is -7.16. The fourth-order valence-electron chi connectivity index (χ4n) is 11.4. The maximum Gasteiger partial charge on any atom is 0.136 e. The van der Waals surface area contributed by atoms with Gasteiger partial charge in [-0.25, -0.2) is 0 Å². The van der Waals surface area contributed by atoms with Crippen LogP contribution in [0, 0.1) is 0 Å². The molecule has 3 aliphatic rings. The molecule has 3 aliphatic carbocycles. The van der Waals surface area contributed by atoms with Gasteiger partial charge < -0.3 is 9.32 Å². The second-order valence-corrected chi connectivity index (χ2v) is 18.2. The zero-order chi connectivity index (χ0) is 41.7. The Morgan fingerprint density at radius 2 is 0.935 bits per heavy atom. The third kappa shape index (κ3) is 5.23. The fraction of sp³-hybridized carbons (Fsp3) is 0.133. The molecule has 0 bridgehead atoms. The first kappa shape index (κ1) is 36.7. The Balaban J connectivity index is 1.16. The molecule has 0 spiro atoms. The molecule has 0 amide bonds. The van der Waals surface area contributed by atoms with E-state index in [-0.39, 0.29) is 10.8 Å². The first-order valence-corrected chi connectivity index (χ1v) is 22.1. The standard InChI is InChI=1S/C60H47NO/c1-59(2)49-31-12-6-24-46(49)56-42(26-18-32-50(56)59)39-21-7-13-33-51(39)61(52-34-14-8-22-40(52)43-27-19-37-55-57(43)47-25-10-16-36-54(47)62-55)53-35-15-9-23-41(53)45-29-17-28-44-38-20-5-11-30-48(38)60(3,4)58(44)45/h5,7-23,25-37H,6,24H2,1-4H3. The van der Waals surface area contributed by atoms with Gasteiger partial charge in [-0.3, -0.25) is 0 Å². The van der Waals surface area contributed by atoms with Gasteiger partial charge in [0, 0.05) is 38.3 Å². The van der Waals surface area contributed by atoms with E-state index in [1.165, 1.54) is 66.8 Å². The second-order valence-electron chi connectivity index (χ2n) is 18.2. The van der Waals surface area contributed by atoms with Crippen LogP contribution in [0.1, 0.15) is 62.8 Å². The van der Waals surface area contributed by atoms with Crippen molar-refractivity contribution in [3.8, 4) is 44.5 Å². The Labute approximate surface area is 364 Å². The van der Waals surface area contributed by atoms with E-state index in [1.807, 2.05) is 0 Å². The van der Waals surface area contributed by atoms with E-state index in [9.17, 15) is 0 Å². The SMILES string of the molecule is CC1(C)C2=C(CCC=C2)c2c(-c3ccccc3N(c3ccccc3-c3cccc4c3C(C)(C)c3ccccc3-4)c3ccccc3-c3cccc4oc5ccccc5c34)cccc21. The molecule has 1 aromatic heterocycles. The molecule has 0 aliphatic heterocycles. The summed E-state index contributed by atoms with van der Waals surface area (Å²) in [6.45, 7) is 9.58. The fourth-order valence-corrected chi connectivity index (χ4v) is 11.4. The molecule has 0 unspecified atom stereocenters. The summed E-state index contributed by atoms with van der Waals surface area (Å²) in [6, 6.07) is 64.9. The monoisotopic (exact) mass is 797 g/mol. The van der Waals surface area contributed by atoms with E-state index in [1.54, 1.807) is 0 Å². The summed E-state index contributed by atoms with van der Waals surface area (Å²) >= 11 is 0. The average molecular weight is 798 g/mol. The highest BCUT2D eigenvalue weighted by Gasteiger charge is 2.40. The molecule has 0 radical (unpaired) electrons. The summed E-state index contributed by atoms with van der Waals surface area (Å²) in [4.78, 5) is 2.56. The van der Waals surface area contributed by atoms with Gasteiger partial charge in [-0.05, 0) is 104 Å². The van der Waals surface area contributed by atoms with Gasteiger partial charge in [-0.15, -0.1) is 0 Å². The van der Waals surface area contributed by atoms with E-state index in [0.717, 1.165) is 63.0 Å². The summed E-state index contributed by atoms with van der Waals surface area (Å²) in [5.74, 6) is 0. The molecule has 0 fully saturated rings. The smallest absolute Gasteiger partial charge is 0.136 e. The first-order chi connectivity index (χ1) is 30.3. The van der Waals surface area contributed by atoms with Gasteiger partial charge in [0.15, 0.2) is 0 Å². The van der Waals surface area contributed by atoms with Gasteiger partial charge in [0.1, 0.15) is 11.2 Å². The second kappa shape index (κ2) is 13.7. The Morgan fingerprint density at radius 3 is 1.68 bits per heavy atom. The average Bonchev–Trinajstić information content (AvgIpc) is 3.90. The highest BCUT2D eigenvalue weighted by atomic mass is 16.3. The van der Waals surface area contributed by atoms with E-state index >= 15 is 0 Å². The molecule has 12 rings (SSSR count). The van der Waals surface area contributed by atoms with E-state index < -0.39 is 0 Å². The number of rotatable bonds is 6. The zero-order valence-electron chi connectivity index (χ0n) is 35.7. The molecular weight excluding hydrogens is 751 g/mol. The zero-order valence-corrected chi connectivity index (χ0v) is 35.7. The lowest BCUT2D eigenvalue weighted by molar-refractivity contribution is 0.651. The summed E-state index contributed by atoms with van der Waals surface area (Å²) < 4.78 is 6.51. The Morgan fingerprint density at radius 1 is 0.435 bits per heavy atom. The molecule has 2 nitrogen and oxygen atoms in total. The number of para-hydroxylation sites is 4. The number of anilines is 3. The summed E-state index contributed by atoms with van der Waals surface area (Å²) in [5, 5.41) is 2.25. The molecular formula is C60H47NO. The number of fused-ring (bicyclic) bond motifs is 8. The molecule has 0 N–H and O–H groups in total. The van der Waals surface area contributed by atoms with Gasteiger partial charge in [0.05, 0.1) is 17.1 Å². The maximum atomic E-state index is 6.51. The van der Waals surface area contributed by atoms with Crippen molar-refractivity contribution in [2.75, 3.05) is 4.90 Å². The van der Waals surface area contributed by atoms with Crippen LogP contribution in [-0.2, 0) is 10.8 Å². The van der Waals surface area contributed by atoms with E-state index in [4.69, 9.17) is 4.42 Å². The minimum Gasteiger partial charge on any atom is -0.456 e. The summed E-state index contributed by atoms with van der Waals surface area (Å²) in [7, 11) is 0. The highest BCUT2D eigenvalue weighted by molar-refractivity contribution is 6.14. The van der Waals surface area contributed by atoms with Crippen molar-refractivity contribution in [2.24, 2.45) is 0 Å². The lowest BCUT2D eigenvalue weighted by atomic mass is 9.78. The topological polar surface area (TPSA) is 16.4 Å². The van der Waals surface area contributed by atoms with Gasteiger partial charge in [-0.1, -0.05) is 185 Å². The quantitative estimate of drug-likeness (QED) is 0.167. The normalized spacial score (nSPS) is 15.4. The maximum absolute atomic E-state index is 6.51. The number of hydrogen-bond acceptors (Lipinski definition) is 2. The van der Waals surface area contributed by atoms with Crippen LogP contribution in [0.5, 0.6) is 0 Å². The van der Waals surface area contributed by atoms with Crippen LogP contribution in [0.2, 0.25) is 0 Å². The molecule has 8 aromatic carbocycles. The van der Waals surface area contributed by atoms with Crippen LogP contribution in [0.4, 0.5) is 17.1 Å². The number of hydrogen-bond donors (Lipinski definition) is 0. The van der Waals surface area contributed by atoms with Crippen LogP contribution >= 0.6 is 0 Å². The first-order valence-electron chi connectivity index (χ1n) is 22.1. The number of furan rings is 1. The van der Waals surface area contributed by atoms with Gasteiger partial charge in [0.25, 0.3) is 0 Å². The molecule has 62 heavy (non-hydrogen) atoms. The molecule has 9 aromatic rings. The number of benzene rings is 8. The molecule has 2 heteroatoms. The number of nitrogens with zero attached hydrogens (tertiary/aromatic N) is 1. The van der Waals surface area contributed by atoms with Gasteiger partial charge in [-0.2, -0.15) is 0 Å². The van der Waals surface area contributed by atoms with Crippen LogP contribution in [0.3, 0.4) is 0 Å². The molecule has 0 atom stereocenters. The van der Waals surface area contributed by atoms with Crippen molar-refractivity contribution in [3.63, 3.8) is 0 Å². The van der Waals surface area contributed by atoms with Crippen molar-refractivity contribution in [1.29, 1.82) is 0 Å². The van der Waals surface area contributed by atoms with Crippen molar-refractivity contribution in [2.45, 2.75) is 51.4 Å². The van der Waals surface area contributed by atoms with E-state index in [0.29, 0.717) is 0 Å². The van der Waals surface area contributed by atoms with Crippen molar-refractivity contribution < 1.29 is 4.42 Å². The summed E-state index contributed by atoms with van der Waals surface area (Å²) in [6.07, 6.45) is 6.87. The molecule has 1 heterocycles. The molecule has 0 saturated heterocycles. The van der Waals surface area contributed by atoms with Crippen LogP contribution in [0.25, 0.3) is 72.0 Å². The lowest BCUT2D eigenvalue weighted by Crippen LogP contribution is -2.18. The lowest BCUT2D eigenvalue weighted by Gasteiger charge is -2.33. The highest BCUT2D eigenvalue weighted by Crippen LogP contribution is 2.57. The van der Waals surface area contributed by atoms with Crippen molar-refractivity contribution in [3.05, 3.63) is 216 Å². The third-order valence-corrected chi connectivity index (χ3v) is 14.2. The predicted octanol–water partition coefficient (Wildman–Crippen LogP) is 16.8. The minimum absolute atomic E-state index is 0.0739. The molecule has 298 valence electrons. The van der Waals surface area contributed by atoms with Crippen molar-refractivity contribution >= 4 is 44.6 Å². The van der Waals surface area contributed by atoms with Gasteiger partial charge in [0.2, 0.25) is 0 Å². The van der Waals surface area contributed by atoms with Crippen LogP contribution < -0.4 is 4.90 Å². The molecule has 0 saturated carbocycles. The third-order valence-electron chi connectivity index (χ3n) is 14.2. The largest absolute Gasteiger partial charge is 0.456 e. The number of allylic oxidation sites excluding steroid dienone is 4. The van der Waals surface area contributed by atoms with Crippen LogP contribution in [-0.4, -0.2) is 0 Å². The van der Waals surface area contributed by atoms with E-state index in [2.05, 4.69) is 221 Å². The van der Waals surface area contributed by atoms with Crippen molar-refractivity contribution in [1.82, 2.24) is 0 Å². The van der Waals surface area contributed by atoms with Gasteiger partial charge >= 0.3 is 0 Å². The Kier molecular flexibility index (Phi) is 8.09. The minimum atomic E-state index is -0.189. The summed E-state index contributed by atoms with van der Waals surface area (Å²) in [5.41, 5.74) is 23.3. The Bertz CT molecular complexity index is 3370. The predicted molar refractivity (Wildman–Crippen MR) is 261 cm³/mol.